The Bertz CT molecular complexity index is 540. The Balaban J connectivity index is 2.27. The minimum absolute atomic E-state index is 0.476. The summed E-state index contributed by atoms with van der Waals surface area (Å²) in [5.41, 5.74) is 1.22. The van der Waals surface area contributed by atoms with Crippen molar-refractivity contribution in [2.24, 2.45) is 0 Å². The molecule has 0 aliphatic heterocycles. The first-order valence-electron chi connectivity index (χ1n) is 6.66. The summed E-state index contributed by atoms with van der Waals surface area (Å²) >= 11 is 0. The molecule has 0 amide bonds. The molecule has 0 spiro atoms. The van der Waals surface area contributed by atoms with Crippen LogP contribution < -0.4 is 10.1 Å². The molecular formula is C16H20N2O. The summed E-state index contributed by atoms with van der Waals surface area (Å²) in [6.07, 6.45) is 1.09. The number of aromatic nitrogens is 1. The van der Waals surface area contributed by atoms with Gasteiger partial charge >= 0.3 is 0 Å². The second kappa shape index (κ2) is 6.23. The monoisotopic (exact) mass is 256 g/mol. The quantitative estimate of drug-likeness (QED) is 0.859. The molecule has 100 valence electrons. The van der Waals surface area contributed by atoms with Crippen LogP contribution in [-0.2, 0) is 0 Å². The van der Waals surface area contributed by atoms with Crippen molar-refractivity contribution in [3.63, 3.8) is 0 Å². The number of nitrogens with zero attached hydrogens (tertiary/aromatic N) is 1. The van der Waals surface area contributed by atoms with Gasteiger partial charge in [0.15, 0.2) is 0 Å². The van der Waals surface area contributed by atoms with Gasteiger partial charge in [0.2, 0.25) is 5.88 Å². The number of ether oxygens (including phenoxy) is 1. The first-order valence-corrected chi connectivity index (χ1v) is 6.66. The Morgan fingerprint density at radius 3 is 2.68 bits per heavy atom. The van der Waals surface area contributed by atoms with Crippen LogP contribution in [0.15, 0.2) is 42.5 Å². The van der Waals surface area contributed by atoms with Crippen LogP contribution in [-0.4, -0.2) is 12.0 Å². The Morgan fingerprint density at radius 1 is 1.16 bits per heavy atom. The Labute approximate surface area is 114 Å². The van der Waals surface area contributed by atoms with E-state index in [1.54, 1.807) is 0 Å². The lowest BCUT2D eigenvalue weighted by Crippen LogP contribution is -1.98. The fraction of sp³-hybridized carbons (Fsp3) is 0.312. The lowest BCUT2D eigenvalue weighted by Gasteiger charge is -2.15. The average Bonchev–Trinajstić information content (AvgIpc) is 2.47. The largest absolute Gasteiger partial charge is 0.439 e. The van der Waals surface area contributed by atoms with Gasteiger partial charge in [-0.25, -0.2) is 0 Å². The van der Waals surface area contributed by atoms with E-state index >= 15 is 0 Å². The van der Waals surface area contributed by atoms with Crippen molar-refractivity contribution < 1.29 is 4.74 Å². The second-order valence-electron chi connectivity index (χ2n) is 4.56. The topological polar surface area (TPSA) is 34.1 Å². The first-order chi connectivity index (χ1) is 9.24. The number of hydrogen-bond acceptors (Lipinski definition) is 3. The van der Waals surface area contributed by atoms with E-state index in [0.717, 1.165) is 18.0 Å². The SMILES string of the molecule is CCC(C)c1ccccc1Oc1cccc(NC)n1. The second-order valence-corrected chi connectivity index (χ2v) is 4.56. The predicted molar refractivity (Wildman–Crippen MR) is 79.0 cm³/mol. The molecular weight excluding hydrogens is 236 g/mol. The van der Waals surface area contributed by atoms with Crippen molar-refractivity contribution in [2.45, 2.75) is 26.2 Å². The summed E-state index contributed by atoms with van der Waals surface area (Å²) in [5, 5.41) is 3.01. The van der Waals surface area contributed by atoms with E-state index in [9.17, 15) is 0 Å². The third-order valence-electron chi connectivity index (χ3n) is 3.26. The van der Waals surface area contributed by atoms with Crippen molar-refractivity contribution in [3.05, 3.63) is 48.0 Å². The van der Waals surface area contributed by atoms with E-state index < -0.39 is 0 Å². The highest BCUT2D eigenvalue weighted by molar-refractivity contribution is 5.41. The number of anilines is 1. The zero-order valence-corrected chi connectivity index (χ0v) is 11.7. The van der Waals surface area contributed by atoms with E-state index in [0.29, 0.717) is 11.8 Å². The highest BCUT2D eigenvalue weighted by Gasteiger charge is 2.10. The molecule has 0 bridgehead atoms. The molecule has 2 aromatic rings. The zero-order valence-electron chi connectivity index (χ0n) is 11.7. The van der Waals surface area contributed by atoms with E-state index in [2.05, 4.69) is 30.2 Å². The fourth-order valence-electron chi connectivity index (χ4n) is 1.92. The molecule has 1 aromatic heterocycles. The van der Waals surface area contributed by atoms with Crippen LogP contribution >= 0.6 is 0 Å². The molecule has 1 unspecified atom stereocenters. The number of rotatable bonds is 5. The van der Waals surface area contributed by atoms with Gasteiger partial charge in [0.05, 0.1) is 0 Å². The minimum atomic E-state index is 0.476. The van der Waals surface area contributed by atoms with Crippen LogP contribution in [0.1, 0.15) is 31.7 Å². The number of benzene rings is 1. The maximum atomic E-state index is 5.92. The van der Waals surface area contributed by atoms with Gasteiger partial charge < -0.3 is 10.1 Å². The Kier molecular flexibility index (Phi) is 4.39. The van der Waals surface area contributed by atoms with Crippen LogP contribution in [0.2, 0.25) is 0 Å². The first kappa shape index (κ1) is 13.4. The highest BCUT2D eigenvalue weighted by Crippen LogP contribution is 2.31. The third-order valence-corrected chi connectivity index (χ3v) is 3.26. The van der Waals surface area contributed by atoms with E-state index in [4.69, 9.17) is 4.74 Å². The van der Waals surface area contributed by atoms with Gasteiger partial charge in [-0.15, -0.1) is 0 Å². The summed E-state index contributed by atoms with van der Waals surface area (Å²) in [7, 11) is 1.85. The molecule has 19 heavy (non-hydrogen) atoms. The molecule has 0 aliphatic rings. The Morgan fingerprint density at radius 2 is 1.95 bits per heavy atom. The summed E-state index contributed by atoms with van der Waals surface area (Å²) < 4.78 is 5.92. The minimum Gasteiger partial charge on any atom is -0.439 e. The van der Waals surface area contributed by atoms with Gasteiger partial charge in [0.1, 0.15) is 11.6 Å². The van der Waals surface area contributed by atoms with Crippen LogP contribution in [0.3, 0.4) is 0 Å². The maximum Gasteiger partial charge on any atom is 0.221 e. The van der Waals surface area contributed by atoms with Gasteiger partial charge in [0, 0.05) is 13.1 Å². The molecule has 2 rings (SSSR count). The van der Waals surface area contributed by atoms with Crippen molar-refractivity contribution >= 4 is 5.82 Å². The van der Waals surface area contributed by atoms with Gasteiger partial charge in [-0.3, -0.25) is 0 Å². The fourth-order valence-corrected chi connectivity index (χ4v) is 1.92. The van der Waals surface area contributed by atoms with Crippen LogP contribution in [0.5, 0.6) is 11.6 Å². The zero-order chi connectivity index (χ0) is 13.7. The van der Waals surface area contributed by atoms with E-state index in [1.807, 2.05) is 43.4 Å². The molecule has 0 saturated carbocycles. The number of hydrogen-bond donors (Lipinski definition) is 1. The highest BCUT2D eigenvalue weighted by atomic mass is 16.5. The summed E-state index contributed by atoms with van der Waals surface area (Å²) in [5.74, 6) is 2.78. The standard InChI is InChI=1S/C16H20N2O/c1-4-12(2)13-8-5-6-9-14(13)19-16-11-7-10-15(17-3)18-16/h5-12H,4H2,1-3H3,(H,17,18). The molecule has 0 saturated heterocycles. The summed E-state index contributed by atoms with van der Waals surface area (Å²) in [4.78, 5) is 4.38. The third kappa shape index (κ3) is 3.25. The van der Waals surface area contributed by atoms with Crippen LogP contribution in [0.4, 0.5) is 5.82 Å². The average molecular weight is 256 g/mol. The molecule has 0 radical (unpaired) electrons. The lowest BCUT2D eigenvalue weighted by atomic mass is 9.98. The van der Waals surface area contributed by atoms with Crippen molar-refractivity contribution in [3.8, 4) is 11.6 Å². The van der Waals surface area contributed by atoms with Crippen molar-refractivity contribution in [1.29, 1.82) is 0 Å². The van der Waals surface area contributed by atoms with Crippen LogP contribution in [0.25, 0.3) is 0 Å². The number of para-hydroxylation sites is 1. The number of pyridine rings is 1. The lowest BCUT2D eigenvalue weighted by molar-refractivity contribution is 0.453. The summed E-state index contributed by atoms with van der Waals surface area (Å²) in [6, 6.07) is 13.9. The predicted octanol–water partition coefficient (Wildman–Crippen LogP) is 4.43. The van der Waals surface area contributed by atoms with Gasteiger partial charge in [0.25, 0.3) is 0 Å². The van der Waals surface area contributed by atoms with Gasteiger partial charge in [-0.1, -0.05) is 38.1 Å². The molecule has 3 nitrogen and oxygen atoms in total. The molecule has 1 atom stereocenters. The smallest absolute Gasteiger partial charge is 0.221 e. The molecule has 0 fully saturated rings. The van der Waals surface area contributed by atoms with E-state index in [1.165, 1.54) is 5.56 Å². The number of nitrogens with one attached hydrogen (secondary N) is 1. The van der Waals surface area contributed by atoms with Crippen molar-refractivity contribution in [1.82, 2.24) is 4.98 Å². The normalized spacial score (nSPS) is 11.9. The summed E-state index contributed by atoms with van der Waals surface area (Å²) in [6.45, 7) is 4.39. The van der Waals surface area contributed by atoms with Crippen LogP contribution in [0, 0.1) is 0 Å². The molecule has 1 aromatic carbocycles. The molecule has 3 heteroatoms. The Hall–Kier alpha value is -2.03. The van der Waals surface area contributed by atoms with Gasteiger partial charge in [-0.05, 0) is 30.0 Å². The van der Waals surface area contributed by atoms with Crippen molar-refractivity contribution in [2.75, 3.05) is 12.4 Å². The molecule has 1 heterocycles. The molecule has 0 aliphatic carbocycles. The van der Waals surface area contributed by atoms with Gasteiger partial charge in [-0.2, -0.15) is 4.98 Å². The molecule has 1 N–H and O–H groups in total. The van der Waals surface area contributed by atoms with E-state index in [-0.39, 0.29) is 0 Å². The maximum absolute atomic E-state index is 5.92.